The first-order valence-corrected chi connectivity index (χ1v) is 12.0. The number of para-hydroxylation sites is 1. The molecule has 3 aromatic carbocycles. The van der Waals surface area contributed by atoms with E-state index >= 15 is 0 Å². The number of benzene rings is 3. The van der Waals surface area contributed by atoms with Gasteiger partial charge in [0.05, 0.1) is 17.3 Å². The predicted molar refractivity (Wildman–Crippen MR) is 136 cm³/mol. The van der Waals surface area contributed by atoms with E-state index in [0.29, 0.717) is 12.3 Å². The first-order valence-electron chi connectivity index (χ1n) is 10.6. The van der Waals surface area contributed by atoms with Crippen molar-refractivity contribution in [2.24, 2.45) is 0 Å². The van der Waals surface area contributed by atoms with Gasteiger partial charge in [-0.2, -0.15) is 0 Å². The number of nitrogens with zero attached hydrogens (tertiary/aromatic N) is 2. The number of halogens is 1. The van der Waals surface area contributed by atoms with Crippen molar-refractivity contribution < 1.29 is 5.11 Å². The van der Waals surface area contributed by atoms with E-state index in [9.17, 15) is 5.11 Å². The predicted octanol–water partition coefficient (Wildman–Crippen LogP) is 6.97. The second-order valence-corrected chi connectivity index (χ2v) is 9.52. The molecule has 5 rings (SSSR count). The second-order valence-electron chi connectivity index (χ2n) is 8.02. The van der Waals surface area contributed by atoms with E-state index < -0.39 is 6.10 Å². The van der Waals surface area contributed by atoms with Crippen LogP contribution in [0.25, 0.3) is 33.1 Å². The van der Waals surface area contributed by atoms with Gasteiger partial charge in [-0.15, -0.1) is 11.8 Å². The number of thioether (sulfide) groups is 1. The molecule has 1 N–H and O–H groups in total. The molecule has 5 heteroatoms. The van der Waals surface area contributed by atoms with Crippen molar-refractivity contribution in [1.82, 2.24) is 9.55 Å². The molecule has 160 valence electrons. The molecule has 0 saturated heterocycles. The van der Waals surface area contributed by atoms with Crippen molar-refractivity contribution in [3.63, 3.8) is 0 Å². The van der Waals surface area contributed by atoms with Gasteiger partial charge in [0.1, 0.15) is 0 Å². The third kappa shape index (κ3) is 4.40. The Kier molecular flexibility index (Phi) is 5.92. The fourth-order valence-corrected chi connectivity index (χ4v) is 5.11. The Balaban J connectivity index is 1.38. The molecule has 2 heterocycles. The van der Waals surface area contributed by atoms with Gasteiger partial charge in [0.25, 0.3) is 0 Å². The summed E-state index contributed by atoms with van der Waals surface area (Å²) in [6.45, 7) is 2.62. The van der Waals surface area contributed by atoms with Gasteiger partial charge in [-0.05, 0) is 43.3 Å². The lowest BCUT2D eigenvalue weighted by atomic mass is 10.1. The van der Waals surface area contributed by atoms with Crippen LogP contribution in [0.15, 0.2) is 90.0 Å². The van der Waals surface area contributed by atoms with Gasteiger partial charge in [0.15, 0.2) is 0 Å². The summed E-state index contributed by atoms with van der Waals surface area (Å²) in [6.07, 6.45) is 1.52. The Labute approximate surface area is 196 Å². The first kappa shape index (κ1) is 21.1. The minimum atomic E-state index is -0.485. The number of aromatic nitrogens is 2. The van der Waals surface area contributed by atoms with E-state index in [2.05, 4.69) is 47.9 Å². The summed E-state index contributed by atoms with van der Waals surface area (Å²) in [6, 6.07) is 26.6. The molecule has 0 aliphatic rings. The topological polar surface area (TPSA) is 38.0 Å². The molecular weight excluding hydrogens is 436 g/mol. The Morgan fingerprint density at radius 2 is 1.81 bits per heavy atom. The largest absolute Gasteiger partial charge is 0.390 e. The van der Waals surface area contributed by atoms with Crippen molar-refractivity contribution in [2.45, 2.75) is 24.5 Å². The second kappa shape index (κ2) is 8.99. The summed E-state index contributed by atoms with van der Waals surface area (Å²) in [7, 11) is 0. The van der Waals surface area contributed by atoms with Crippen LogP contribution in [0.3, 0.4) is 0 Å². The number of aliphatic hydroxyl groups excluding tert-OH is 1. The van der Waals surface area contributed by atoms with Crippen molar-refractivity contribution in [3.05, 3.63) is 95.6 Å². The number of pyridine rings is 1. The Hall–Kier alpha value is -2.79. The highest BCUT2D eigenvalue weighted by Gasteiger charge is 2.12. The SMILES string of the molecule is Cc1ccc(-c2cc(SCC(O)Cn3ccc4cc(Cl)ccc43)c3ccccc3n2)cc1. The van der Waals surface area contributed by atoms with Gasteiger partial charge >= 0.3 is 0 Å². The lowest BCUT2D eigenvalue weighted by Crippen LogP contribution is -2.17. The molecule has 0 radical (unpaired) electrons. The number of rotatable bonds is 6. The molecule has 0 saturated carbocycles. The zero-order valence-electron chi connectivity index (χ0n) is 17.7. The number of hydrogen-bond acceptors (Lipinski definition) is 3. The highest BCUT2D eigenvalue weighted by molar-refractivity contribution is 7.99. The van der Waals surface area contributed by atoms with Gasteiger partial charge in [-0.25, -0.2) is 4.98 Å². The summed E-state index contributed by atoms with van der Waals surface area (Å²) in [5, 5.41) is 13.7. The molecule has 0 bridgehead atoms. The lowest BCUT2D eigenvalue weighted by Gasteiger charge is -2.14. The van der Waals surface area contributed by atoms with Crippen molar-refractivity contribution >= 4 is 45.2 Å². The monoisotopic (exact) mass is 458 g/mol. The quantitative estimate of drug-likeness (QED) is 0.279. The van der Waals surface area contributed by atoms with E-state index in [0.717, 1.165) is 43.0 Å². The first-order chi connectivity index (χ1) is 15.6. The van der Waals surface area contributed by atoms with E-state index in [4.69, 9.17) is 16.6 Å². The summed E-state index contributed by atoms with van der Waals surface area (Å²) in [5.41, 5.74) is 5.33. The van der Waals surface area contributed by atoms with E-state index in [1.54, 1.807) is 11.8 Å². The van der Waals surface area contributed by atoms with Crippen LogP contribution in [0.4, 0.5) is 0 Å². The standard InChI is InChI=1S/C27H23ClN2OS/c1-18-6-8-19(9-7-18)25-15-27(23-4-2-3-5-24(23)29-25)32-17-22(31)16-30-13-12-20-14-21(28)10-11-26(20)30/h2-15,22,31H,16-17H2,1H3. The van der Waals surface area contributed by atoms with Gasteiger partial charge in [0.2, 0.25) is 0 Å². The Morgan fingerprint density at radius 1 is 1.00 bits per heavy atom. The highest BCUT2D eigenvalue weighted by Crippen LogP contribution is 2.32. The van der Waals surface area contributed by atoms with Crippen molar-refractivity contribution in [2.75, 3.05) is 5.75 Å². The molecule has 0 fully saturated rings. The van der Waals surface area contributed by atoms with Crippen LogP contribution in [0.5, 0.6) is 0 Å². The van der Waals surface area contributed by atoms with E-state index in [1.807, 2.05) is 48.7 Å². The molecule has 0 aliphatic carbocycles. The van der Waals surface area contributed by atoms with Crippen LogP contribution in [0.2, 0.25) is 5.02 Å². The maximum absolute atomic E-state index is 10.8. The van der Waals surface area contributed by atoms with Crippen LogP contribution < -0.4 is 0 Å². The molecule has 1 atom stereocenters. The number of hydrogen-bond donors (Lipinski definition) is 1. The molecule has 0 spiro atoms. The minimum absolute atomic E-state index is 0.485. The summed E-state index contributed by atoms with van der Waals surface area (Å²) < 4.78 is 2.08. The molecule has 32 heavy (non-hydrogen) atoms. The molecule has 3 nitrogen and oxygen atoms in total. The van der Waals surface area contributed by atoms with Crippen LogP contribution in [-0.4, -0.2) is 26.5 Å². The lowest BCUT2D eigenvalue weighted by molar-refractivity contribution is 0.180. The van der Waals surface area contributed by atoms with Gasteiger partial charge in [0, 0.05) is 50.3 Å². The highest BCUT2D eigenvalue weighted by atomic mass is 35.5. The van der Waals surface area contributed by atoms with Crippen LogP contribution >= 0.6 is 23.4 Å². The fourth-order valence-electron chi connectivity index (χ4n) is 3.93. The molecule has 0 amide bonds. The average molecular weight is 459 g/mol. The van der Waals surface area contributed by atoms with Crippen molar-refractivity contribution in [3.8, 4) is 11.3 Å². The van der Waals surface area contributed by atoms with Gasteiger partial charge < -0.3 is 9.67 Å². The Morgan fingerprint density at radius 3 is 2.66 bits per heavy atom. The third-order valence-corrected chi connectivity index (χ3v) is 7.03. The smallest absolute Gasteiger partial charge is 0.0812 e. The van der Waals surface area contributed by atoms with Crippen molar-refractivity contribution in [1.29, 1.82) is 0 Å². The van der Waals surface area contributed by atoms with E-state index in [1.165, 1.54) is 5.56 Å². The molecule has 2 aromatic heterocycles. The van der Waals surface area contributed by atoms with Gasteiger partial charge in [-0.1, -0.05) is 59.6 Å². The number of aryl methyl sites for hydroxylation is 1. The molecule has 1 unspecified atom stereocenters. The van der Waals surface area contributed by atoms with Crippen LogP contribution in [0, 0.1) is 6.92 Å². The molecular formula is C27H23ClN2OS. The Bertz CT molecular complexity index is 1390. The number of aliphatic hydroxyl groups is 1. The molecule has 5 aromatic rings. The van der Waals surface area contributed by atoms with Crippen LogP contribution in [0.1, 0.15) is 5.56 Å². The normalized spacial score (nSPS) is 12.5. The maximum Gasteiger partial charge on any atom is 0.0812 e. The van der Waals surface area contributed by atoms with Crippen LogP contribution in [-0.2, 0) is 6.54 Å². The number of fused-ring (bicyclic) bond motifs is 2. The average Bonchev–Trinajstić information content (AvgIpc) is 3.19. The maximum atomic E-state index is 10.8. The van der Waals surface area contributed by atoms with E-state index in [-0.39, 0.29) is 0 Å². The summed E-state index contributed by atoms with van der Waals surface area (Å²) in [4.78, 5) is 6.01. The fraction of sp³-hybridized carbons (Fsp3) is 0.148. The minimum Gasteiger partial charge on any atom is -0.390 e. The van der Waals surface area contributed by atoms with Gasteiger partial charge in [-0.3, -0.25) is 0 Å². The molecule has 0 aliphatic heterocycles. The summed E-state index contributed by atoms with van der Waals surface area (Å²) in [5.74, 6) is 0.592. The third-order valence-electron chi connectivity index (χ3n) is 5.60. The zero-order chi connectivity index (χ0) is 22.1. The summed E-state index contributed by atoms with van der Waals surface area (Å²) >= 11 is 7.77. The zero-order valence-corrected chi connectivity index (χ0v) is 19.3.